The quantitative estimate of drug-likeness (QED) is 0.672. The predicted molar refractivity (Wildman–Crippen MR) is 73.1 cm³/mol. The number of rotatable bonds is 5. The maximum Gasteiger partial charge on any atom is 0.387 e. The number of hydrogen-bond acceptors (Lipinski definition) is 4. The normalized spacial score (nSPS) is 11.5. The fourth-order valence-corrected chi connectivity index (χ4v) is 1.59. The van der Waals surface area contributed by atoms with Crippen LogP contribution in [0.25, 0.3) is 0 Å². The van der Waals surface area contributed by atoms with Gasteiger partial charge in [-0.3, -0.25) is 5.43 Å². The molecule has 20 heavy (non-hydrogen) atoms. The van der Waals surface area contributed by atoms with Gasteiger partial charge in [-0.05, 0) is 31.2 Å². The zero-order valence-corrected chi connectivity index (χ0v) is 10.8. The lowest BCUT2D eigenvalue weighted by atomic mass is 10.1. The number of hydrogen-bond donors (Lipinski definition) is 1. The number of halogens is 2. The van der Waals surface area contributed by atoms with Crippen molar-refractivity contribution in [2.75, 3.05) is 5.43 Å². The lowest BCUT2D eigenvalue weighted by Crippen LogP contribution is -2.08. The molecule has 1 aromatic heterocycles. The second kappa shape index (κ2) is 6.60. The van der Waals surface area contributed by atoms with Gasteiger partial charge >= 0.3 is 6.61 Å². The smallest absolute Gasteiger partial charge is 0.387 e. The van der Waals surface area contributed by atoms with E-state index in [4.69, 9.17) is 0 Å². The summed E-state index contributed by atoms with van der Waals surface area (Å²) in [4.78, 5) is 4.05. The highest BCUT2D eigenvalue weighted by Crippen LogP contribution is 2.21. The Morgan fingerprint density at radius 1 is 1.20 bits per heavy atom. The number of para-hydroxylation sites is 1. The molecule has 0 fully saturated rings. The van der Waals surface area contributed by atoms with Crippen molar-refractivity contribution in [3.63, 3.8) is 0 Å². The maximum atomic E-state index is 12.3. The van der Waals surface area contributed by atoms with E-state index in [2.05, 4.69) is 20.2 Å². The highest BCUT2D eigenvalue weighted by molar-refractivity contribution is 6.01. The minimum atomic E-state index is -2.87. The molecular formula is C14H13F2N3O. The number of anilines is 1. The fourth-order valence-electron chi connectivity index (χ4n) is 1.59. The number of alkyl halides is 2. The Morgan fingerprint density at radius 3 is 2.65 bits per heavy atom. The van der Waals surface area contributed by atoms with Gasteiger partial charge in [0, 0.05) is 11.8 Å². The van der Waals surface area contributed by atoms with Crippen LogP contribution in [-0.2, 0) is 0 Å². The van der Waals surface area contributed by atoms with Crippen LogP contribution in [0.1, 0.15) is 12.5 Å². The lowest BCUT2D eigenvalue weighted by molar-refractivity contribution is -0.0499. The summed E-state index contributed by atoms with van der Waals surface area (Å²) in [5.41, 5.74) is 3.77. The van der Waals surface area contributed by atoms with E-state index in [1.165, 1.54) is 6.07 Å². The molecule has 2 rings (SSSR count). The molecule has 4 nitrogen and oxygen atoms in total. The summed E-state index contributed by atoms with van der Waals surface area (Å²) < 4.78 is 29.1. The summed E-state index contributed by atoms with van der Waals surface area (Å²) in [6, 6.07) is 11.8. The summed E-state index contributed by atoms with van der Waals surface area (Å²) in [5, 5.41) is 4.11. The van der Waals surface area contributed by atoms with Crippen molar-refractivity contribution in [3.05, 3.63) is 54.2 Å². The van der Waals surface area contributed by atoms with Gasteiger partial charge in [0.05, 0.1) is 5.71 Å². The van der Waals surface area contributed by atoms with Crippen LogP contribution in [0.3, 0.4) is 0 Å². The fraction of sp³-hybridized carbons (Fsp3) is 0.143. The van der Waals surface area contributed by atoms with Crippen molar-refractivity contribution in [2.24, 2.45) is 5.10 Å². The average Bonchev–Trinajstić information content (AvgIpc) is 2.46. The number of nitrogens with one attached hydrogen (secondary N) is 1. The van der Waals surface area contributed by atoms with Gasteiger partial charge in [-0.2, -0.15) is 13.9 Å². The van der Waals surface area contributed by atoms with Crippen molar-refractivity contribution in [3.8, 4) is 5.75 Å². The van der Waals surface area contributed by atoms with Crippen LogP contribution in [0.5, 0.6) is 5.75 Å². The van der Waals surface area contributed by atoms with Gasteiger partial charge in [0.25, 0.3) is 0 Å². The lowest BCUT2D eigenvalue weighted by Gasteiger charge is -2.10. The van der Waals surface area contributed by atoms with Crippen molar-refractivity contribution in [1.82, 2.24) is 4.98 Å². The van der Waals surface area contributed by atoms with E-state index in [0.29, 0.717) is 17.1 Å². The van der Waals surface area contributed by atoms with Gasteiger partial charge in [-0.25, -0.2) is 4.98 Å². The summed E-state index contributed by atoms with van der Waals surface area (Å²) >= 11 is 0. The molecule has 0 atom stereocenters. The van der Waals surface area contributed by atoms with E-state index in [0.717, 1.165) is 0 Å². The van der Waals surface area contributed by atoms with Crippen LogP contribution in [0, 0.1) is 0 Å². The molecule has 2 aromatic rings. The first kappa shape index (κ1) is 13.9. The van der Waals surface area contributed by atoms with Crippen LogP contribution in [0.15, 0.2) is 53.8 Å². The Balaban J connectivity index is 2.18. The van der Waals surface area contributed by atoms with Gasteiger partial charge in [0.15, 0.2) is 0 Å². The molecule has 0 saturated carbocycles. The van der Waals surface area contributed by atoms with E-state index in [1.807, 2.05) is 6.07 Å². The molecule has 104 valence electrons. The topological polar surface area (TPSA) is 46.5 Å². The minimum Gasteiger partial charge on any atom is -0.434 e. The molecule has 0 aliphatic heterocycles. The highest BCUT2D eigenvalue weighted by atomic mass is 19.3. The number of pyridine rings is 1. The van der Waals surface area contributed by atoms with E-state index in [9.17, 15) is 8.78 Å². The molecule has 0 spiro atoms. The summed E-state index contributed by atoms with van der Waals surface area (Å²) in [6.45, 7) is -1.17. The standard InChI is InChI=1S/C14H13F2N3O/c1-10(18-19-13-8-4-5-9-17-13)11-6-2-3-7-12(11)20-14(15)16/h2-9,14H,1H3,(H,17,19). The molecule has 0 unspecified atom stereocenters. The molecule has 1 heterocycles. The second-order valence-electron chi connectivity index (χ2n) is 3.90. The highest BCUT2D eigenvalue weighted by Gasteiger charge is 2.10. The molecule has 0 aliphatic carbocycles. The summed E-state index contributed by atoms with van der Waals surface area (Å²) in [7, 11) is 0. The Hall–Kier alpha value is -2.50. The Kier molecular flexibility index (Phi) is 4.60. The first-order valence-corrected chi connectivity index (χ1v) is 5.92. The minimum absolute atomic E-state index is 0.0894. The van der Waals surface area contributed by atoms with E-state index < -0.39 is 6.61 Å². The number of nitrogens with zero attached hydrogens (tertiary/aromatic N) is 2. The third-order valence-electron chi connectivity index (χ3n) is 2.50. The molecule has 6 heteroatoms. The average molecular weight is 277 g/mol. The Morgan fingerprint density at radius 2 is 1.95 bits per heavy atom. The van der Waals surface area contributed by atoms with Gasteiger partial charge in [-0.15, -0.1) is 0 Å². The van der Waals surface area contributed by atoms with Gasteiger partial charge in [0.2, 0.25) is 0 Å². The molecule has 0 bridgehead atoms. The van der Waals surface area contributed by atoms with Crippen LogP contribution < -0.4 is 10.2 Å². The van der Waals surface area contributed by atoms with Crippen LogP contribution in [-0.4, -0.2) is 17.3 Å². The number of benzene rings is 1. The summed E-state index contributed by atoms with van der Waals surface area (Å²) in [6.07, 6.45) is 1.63. The molecule has 1 aromatic carbocycles. The zero-order valence-electron chi connectivity index (χ0n) is 10.8. The van der Waals surface area contributed by atoms with Crippen LogP contribution >= 0.6 is 0 Å². The van der Waals surface area contributed by atoms with Gasteiger partial charge < -0.3 is 4.74 Å². The number of hydrazone groups is 1. The zero-order chi connectivity index (χ0) is 14.4. The van der Waals surface area contributed by atoms with Crippen LogP contribution in [0.2, 0.25) is 0 Å². The summed E-state index contributed by atoms with van der Waals surface area (Å²) in [5.74, 6) is 0.658. The molecular weight excluding hydrogens is 264 g/mol. The van der Waals surface area contributed by atoms with E-state index in [-0.39, 0.29) is 5.75 Å². The molecule has 0 radical (unpaired) electrons. The monoisotopic (exact) mass is 277 g/mol. The van der Waals surface area contributed by atoms with Crippen molar-refractivity contribution < 1.29 is 13.5 Å². The number of aromatic nitrogens is 1. The van der Waals surface area contributed by atoms with Gasteiger partial charge in [0.1, 0.15) is 11.6 Å². The SMILES string of the molecule is CC(=NNc1ccccn1)c1ccccc1OC(F)F. The van der Waals surface area contributed by atoms with Gasteiger partial charge in [-0.1, -0.05) is 18.2 Å². The van der Waals surface area contributed by atoms with E-state index >= 15 is 0 Å². The third kappa shape index (κ3) is 3.74. The largest absolute Gasteiger partial charge is 0.434 e. The van der Waals surface area contributed by atoms with Crippen molar-refractivity contribution in [2.45, 2.75) is 13.5 Å². The molecule has 1 N–H and O–H groups in total. The molecule has 0 saturated heterocycles. The third-order valence-corrected chi connectivity index (χ3v) is 2.50. The number of ether oxygens (including phenoxy) is 1. The first-order valence-electron chi connectivity index (χ1n) is 5.92. The Labute approximate surface area is 115 Å². The first-order chi connectivity index (χ1) is 9.66. The van der Waals surface area contributed by atoms with Crippen molar-refractivity contribution >= 4 is 11.5 Å². The second-order valence-corrected chi connectivity index (χ2v) is 3.90. The van der Waals surface area contributed by atoms with E-state index in [1.54, 1.807) is 43.5 Å². The Bertz CT molecular complexity index is 588. The predicted octanol–water partition coefficient (Wildman–Crippen LogP) is 3.52. The molecule has 0 amide bonds. The maximum absolute atomic E-state index is 12.3. The molecule has 0 aliphatic rings. The van der Waals surface area contributed by atoms with Crippen LogP contribution in [0.4, 0.5) is 14.6 Å². The van der Waals surface area contributed by atoms with Crippen molar-refractivity contribution in [1.29, 1.82) is 0 Å².